The van der Waals surface area contributed by atoms with E-state index >= 15 is 0 Å². The molecule has 0 fully saturated rings. The van der Waals surface area contributed by atoms with Crippen LogP contribution in [0.4, 0.5) is 0 Å². The second-order valence-electron chi connectivity index (χ2n) is 1.55. The lowest BCUT2D eigenvalue weighted by molar-refractivity contribution is 0.180. The predicted octanol–water partition coefficient (Wildman–Crippen LogP) is -0.120. The Balaban J connectivity index is 3.33. The van der Waals surface area contributed by atoms with Crippen LogP contribution in [0.25, 0.3) is 0 Å². The van der Waals surface area contributed by atoms with Crippen molar-refractivity contribution in [2.24, 2.45) is 5.73 Å². The van der Waals surface area contributed by atoms with Gasteiger partial charge in [-0.25, -0.2) is 0 Å². The third-order valence-electron chi connectivity index (χ3n) is 0.829. The molecule has 3 N–H and O–H groups in total. The van der Waals surface area contributed by atoms with Crippen molar-refractivity contribution in [2.75, 3.05) is 0 Å². The van der Waals surface area contributed by atoms with E-state index in [2.05, 4.69) is 6.58 Å². The summed E-state index contributed by atoms with van der Waals surface area (Å²) in [5.41, 5.74) is 5.25. The Hall–Kier alpha value is -0.340. The minimum absolute atomic E-state index is 0.278. The molecule has 2 atom stereocenters. The summed E-state index contributed by atoms with van der Waals surface area (Å²) >= 11 is 0. The van der Waals surface area contributed by atoms with E-state index in [1.54, 1.807) is 6.92 Å². The summed E-state index contributed by atoms with van der Waals surface area (Å²) in [6.07, 6.45) is 1.04. The topological polar surface area (TPSA) is 46.2 Å². The Morgan fingerprint density at radius 1 is 1.86 bits per heavy atom. The fourth-order valence-electron chi connectivity index (χ4n) is 0.197. The second kappa shape index (κ2) is 2.77. The van der Waals surface area contributed by atoms with Crippen LogP contribution in [0, 0.1) is 0 Å². The standard InChI is InChI=1S/C5H11NO/c1-3-5(6)4(2)7/h3-5,7H,1,6H2,2H3. The fourth-order valence-corrected chi connectivity index (χ4v) is 0.197. The van der Waals surface area contributed by atoms with Gasteiger partial charge in [-0.05, 0) is 6.92 Å². The molecule has 0 rings (SSSR count). The Morgan fingerprint density at radius 2 is 2.29 bits per heavy atom. The van der Waals surface area contributed by atoms with Crippen molar-refractivity contribution >= 4 is 0 Å². The first-order chi connectivity index (χ1) is 3.18. The summed E-state index contributed by atoms with van der Waals surface area (Å²) in [7, 11) is 0. The van der Waals surface area contributed by atoms with E-state index in [-0.39, 0.29) is 6.04 Å². The number of aliphatic hydroxyl groups excluding tert-OH is 1. The van der Waals surface area contributed by atoms with Gasteiger partial charge in [0.25, 0.3) is 0 Å². The van der Waals surface area contributed by atoms with Crippen LogP contribution < -0.4 is 5.73 Å². The summed E-state index contributed by atoms with van der Waals surface area (Å²) in [6.45, 7) is 5.03. The van der Waals surface area contributed by atoms with E-state index in [0.717, 1.165) is 0 Å². The van der Waals surface area contributed by atoms with Gasteiger partial charge >= 0.3 is 0 Å². The van der Waals surface area contributed by atoms with Gasteiger partial charge in [0.1, 0.15) is 0 Å². The average molecular weight is 101 g/mol. The molecule has 2 heteroatoms. The smallest absolute Gasteiger partial charge is 0.0698 e. The van der Waals surface area contributed by atoms with Crippen LogP contribution >= 0.6 is 0 Å². The molecule has 0 aromatic carbocycles. The SMILES string of the molecule is C=CC(N)C(C)O. The van der Waals surface area contributed by atoms with E-state index in [1.165, 1.54) is 6.08 Å². The molecule has 0 heterocycles. The van der Waals surface area contributed by atoms with Gasteiger partial charge in [0.15, 0.2) is 0 Å². The highest BCUT2D eigenvalue weighted by Gasteiger charge is 2.00. The molecule has 42 valence electrons. The van der Waals surface area contributed by atoms with Crippen molar-refractivity contribution in [1.82, 2.24) is 0 Å². The minimum atomic E-state index is -0.475. The Labute approximate surface area is 43.6 Å². The first-order valence-electron chi connectivity index (χ1n) is 2.24. The Kier molecular flexibility index (Phi) is 2.64. The normalized spacial score (nSPS) is 18.1. The molecule has 0 aliphatic heterocycles. The van der Waals surface area contributed by atoms with Crippen LogP contribution in [0.1, 0.15) is 6.92 Å². The zero-order valence-corrected chi connectivity index (χ0v) is 4.46. The maximum absolute atomic E-state index is 8.62. The van der Waals surface area contributed by atoms with Crippen LogP contribution in [0.3, 0.4) is 0 Å². The lowest BCUT2D eigenvalue weighted by Gasteiger charge is -2.06. The van der Waals surface area contributed by atoms with Crippen LogP contribution in [-0.2, 0) is 0 Å². The third kappa shape index (κ3) is 2.37. The first-order valence-corrected chi connectivity index (χ1v) is 2.24. The molecule has 2 nitrogen and oxygen atoms in total. The lowest BCUT2D eigenvalue weighted by Crippen LogP contribution is -2.29. The lowest BCUT2D eigenvalue weighted by atomic mass is 10.2. The predicted molar refractivity (Wildman–Crippen MR) is 29.9 cm³/mol. The van der Waals surface area contributed by atoms with Crippen LogP contribution in [0.5, 0.6) is 0 Å². The van der Waals surface area contributed by atoms with Crippen molar-refractivity contribution in [2.45, 2.75) is 19.1 Å². The number of nitrogens with two attached hydrogens (primary N) is 1. The number of rotatable bonds is 2. The van der Waals surface area contributed by atoms with Gasteiger partial charge in [-0.15, -0.1) is 6.58 Å². The number of hydrogen-bond donors (Lipinski definition) is 2. The highest BCUT2D eigenvalue weighted by molar-refractivity contribution is 4.85. The minimum Gasteiger partial charge on any atom is -0.391 e. The summed E-state index contributed by atoms with van der Waals surface area (Å²) < 4.78 is 0. The second-order valence-corrected chi connectivity index (χ2v) is 1.55. The van der Waals surface area contributed by atoms with E-state index in [0.29, 0.717) is 0 Å². The fraction of sp³-hybridized carbons (Fsp3) is 0.600. The molecule has 0 saturated heterocycles. The molecule has 2 unspecified atom stereocenters. The monoisotopic (exact) mass is 101 g/mol. The molecule has 0 bridgehead atoms. The van der Waals surface area contributed by atoms with Crippen LogP contribution in [0.2, 0.25) is 0 Å². The zero-order valence-electron chi connectivity index (χ0n) is 4.46. The number of aliphatic hydroxyl groups is 1. The van der Waals surface area contributed by atoms with Crippen LogP contribution in [-0.4, -0.2) is 17.3 Å². The molecule has 7 heavy (non-hydrogen) atoms. The summed E-state index contributed by atoms with van der Waals surface area (Å²) in [5, 5.41) is 8.62. The molecular formula is C5H11NO. The molecule has 0 amide bonds. The largest absolute Gasteiger partial charge is 0.391 e. The zero-order chi connectivity index (χ0) is 5.86. The molecule has 0 spiro atoms. The maximum Gasteiger partial charge on any atom is 0.0698 e. The molecule has 0 radical (unpaired) electrons. The van der Waals surface area contributed by atoms with E-state index < -0.39 is 6.10 Å². The van der Waals surface area contributed by atoms with E-state index in [4.69, 9.17) is 10.8 Å². The van der Waals surface area contributed by atoms with Gasteiger partial charge in [-0.3, -0.25) is 0 Å². The summed E-state index contributed by atoms with van der Waals surface area (Å²) in [4.78, 5) is 0. The highest BCUT2D eigenvalue weighted by atomic mass is 16.3. The molecule has 0 saturated carbocycles. The Bertz CT molecular complexity index is 61.1. The van der Waals surface area contributed by atoms with Gasteiger partial charge in [-0.2, -0.15) is 0 Å². The molecule has 0 aliphatic carbocycles. The molecule has 0 aromatic heterocycles. The quantitative estimate of drug-likeness (QED) is 0.476. The molecule has 0 aliphatic rings. The van der Waals surface area contributed by atoms with Crippen molar-refractivity contribution in [3.8, 4) is 0 Å². The summed E-state index contributed by atoms with van der Waals surface area (Å²) in [5.74, 6) is 0. The van der Waals surface area contributed by atoms with Gasteiger partial charge < -0.3 is 10.8 Å². The number of hydrogen-bond acceptors (Lipinski definition) is 2. The van der Waals surface area contributed by atoms with E-state index in [1.807, 2.05) is 0 Å². The summed E-state index contributed by atoms with van der Waals surface area (Å²) in [6, 6.07) is -0.278. The van der Waals surface area contributed by atoms with Crippen molar-refractivity contribution < 1.29 is 5.11 Å². The van der Waals surface area contributed by atoms with Gasteiger partial charge in [-0.1, -0.05) is 6.08 Å². The first kappa shape index (κ1) is 6.66. The highest BCUT2D eigenvalue weighted by Crippen LogP contribution is 1.85. The van der Waals surface area contributed by atoms with Gasteiger partial charge in [0.2, 0.25) is 0 Å². The van der Waals surface area contributed by atoms with E-state index in [9.17, 15) is 0 Å². The third-order valence-corrected chi connectivity index (χ3v) is 0.829. The van der Waals surface area contributed by atoms with Crippen LogP contribution in [0.15, 0.2) is 12.7 Å². The maximum atomic E-state index is 8.62. The van der Waals surface area contributed by atoms with Gasteiger partial charge in [0, 0.05) is 6.04 Å². The van der Waals surface area contributed by atoms with Crippen molar-refractivity contribution in [3.05, 3.63) is 12.7 Å². The van der Waals surface area contributed by atoms with Crippen molar-refractivity contribution in [3.63, 3.8) is 0 Å². The van der Waals surface area contributed by atoms with Gasteiger partial charge in [0.05, 0.1) is 6.10 Å². The average Bonchev–Trinajstić information content (AvgIpc) is 1.65. The Morgan fingerprint density at radius 3 is 2.29 bits per heavy atom. The van der Waals surface area contributed by atoms with Crippen molar-refractivity contribution in [1.29, 1.82) is 0 Å². The molecular weight excluding hydrogens is 90.1 g/mol. The molecule has 0 aromatic rings.